The second-order valence-corrected chi connectivity index (χ2v) is 8.64. The number of halogens is 1. The van der Waals surface area contributed by atoms with Crippen molar-refractivity contribution in [1.82, 2.24) is 10.3 Å². The molecule has 0 amide bonds. The first-order valence-corrected chi connectivity index (χ1v) is 10.4. The molecule has 3 atom stereocenters. The highest BCUT2D eigenvalue weighted by Crippen LogP contribution is 2.33. The van der Waals surface area contributed by atoms with Crippen molar-refractivity contribution in [1.29, 1.82) is 0 Å². The average molecular weight is 402 g/mol. The Morgan fingerprint density at radius 1 is 1.32 bits per heavy atom. The Labute approximate surface area is 171 Å². The van der Waals surface area contributed by atoms with E-state index in [1.807, 2.05) is 30.5 Å². The van der Waals surface area contributed by atoms with Crippen LogP contribution in [0.1, 0.15) is 33.1 Å². The maximum atomic E-state index is 6.50. The molecule has 5 nitrogen and oxygen atoms in total. The van der Waals surface area contributed by atoms with Gasteiger partial charge in [-0.2, -0.15) is 0 Å². The quantitative estimate of drug-likeness (QED) is 0.745. The molecule has 2 unspecified atom stereocenters. The minimum atomic E-state index is 0.0376. The first-order valence-electron chi connectivity index (χ1n) is 10.0. The lowest BCUT2D eigenvalue weighted by Crippen LogP contribution is -2.63. The molecule has 0 spiro atoms. The van der Waals surface area contributed by atoms with E-state index in [1.165, 1.54) is 0 Å². The SMILES string of the molecule is CC1C[C@@](C)(COc2ccc(-c3ccnc(NC4CCCOC4)c3)cc2Cl)N1. The Morgan fingerprint density at radius 3 is 2.86 bits per heavy atom. The molecule has 0 aliphatic carbocycles. The van der Waals surface area contributed by atoms with Crippen LogP contribution in [0.15, 0.2) is 36.5 Å². The highest BCUT2D eigenvalue weighted by Gasteiger charge is 2.37. The van der Waals surface area contributed by atoms with Crippen molar-refractivity contribution < 1.29 is 9.47 Å². The van der Waals surface area contributed by atoms with Gasteiger partial charge >= 0.3 is 0 Å². The van der Waals surface area contributed by atoms with Crippen molar-refractivity contribution in [3.63, 3.8) is 0 Å². The maximum Gasteiger partial charge on any atom is 0.138 e. The van der Waals surface area contributed by atoms with Crippen molar-refractivity contribution >= 4 is 17.4 Å². The predicted molar refractivity (Wildman–Crippen MR) is 113 cm³/mol. The molecule has 4 rings (SSSR count). The van der Waals surface area contributed by atoms with Crippen LogP contribution in [0.25, 0.3) is 11.1 Å². The molecule has 6 heteroatoms. The van der Waals surface area contributed by atoms with Crippen molar-refractivity contribution in [2.24, 2.45) is 0 Å². The summed E-state index contributed by atoms with van der Waals surface area (Å²) < 4.78 is 11.5. The van der Waals surface area contributed by atoms with E-state index in [0.29, 0.717) is 23.7 Å². The first kappa shape index (κ1) is 19.5. The summed E-state index contributed by atoms with van der Waals surface area (Å²) in [5, 5.41) is 7.59. The van der Waals surface area contributed by atoms with Crippen LogP contribution in [0.2, 0.25) is 5.02 Å². The Balaban J connectivity index is 1.42. The van der Waals surface area contributed by atoms with Gasteiger partial charge in [-0.15, -0.1) is 0 Å². The molecule has 2 saturated heterocycles. The van der Waals surface area contributed by atoms with E-state index in [1.54, 1.807) is 0 Å². The Hall–Kier alpha value is -1.82. The molecular formula is C22H28ClN3O2. The van der Waals surface area contributed by atoms with Crippen LogP contribution >= 0.6 is 11.6 Å². The van der Waals surface area contributed by atoms with Gasteiger partial charge in [-0.05, 0) is 68.5 Å². The normalized spacial score (nSPS) is 27.1. The summed E-state index contributed by atoms with van der Waals surface area (Å²) in [6.45, 7) is 6.56. The van der Waals surface area contributed by atoms with E-state index < -0.39 is 0 Å². The number of nitrogens with zero attached hydrogens (tertiary/aromatic N) is 1. The molecule has 1 aromatic carbocycles. The number of rotatable bonds is 6. The van der Waals surface area contributed by atoms with Crippen molar-refractivity contribution in [2.75, 3.05) is 25.1 Å². The zero-order valence-electron chi connectivity index (χ0n) is 16.5. The minimum absolute atomic E-state index is 0.0376. The van der Waals surface area contributed by atoms with Gasteiger partial charge in [-0.3, -0.25) is 0 Å². The maximum absolute atomic E-state index is 6.50. The number of hydrogen-bond donors (Lipinski definition) is 2. The van der Waals surface area contributed by atoms with Gasteiger partial charge in [-0.25, -0.2) is 4.98 Å². The minimum Gasteiger partial charge on any atom is -0.490 e. The molecule has 0 radical (unpaired) electrons. The smallest absolute Gasteiger partial charge is 0.138 e. The highest BCUT2D eigenvalue weighted by molar-refractivity contribution is 6.32. The van der Waals surface area contributed by atoms with Crippen LogP contribution in [-0.2, 0) is 4.74 Å². The summed E-state index contributed by atoms with van der Waals surface area (Å²) in [6.07, 6.45) is 5.13. The zero-order chi connectivity index (χ0) is 19.6. The number of hydrogen-bond acceptors (Lipinski definition) is 5. The molecule has 150 valence electrons. The lowest BCUT2D eigenvalue weighted by atomic mass is 9.85. The van der Waals surface area contributed by atoms with E-state index in [-0.39, 0.29) is 5.54 Å². The number of aromatic nitrogens is 1. The van der Waals surface area contributed by atoms with Gasteiger partial charge in [-0.1, -0.05) is 17.7 Å². The van der Waals surface area contributed by atoms with Crippen LogP contribution < -0.4 is 15.4 Å². The third-order valence-corrected chi connectivity index (χ3v) is 5.73. The Kier molecular flexibility index (Phi) is 5.76. The van der Waals surface area contributed by atoms with E-state index >= 15 is 0 Å². The van der Waals surface area contributed by atoms with Crippen molar-refractivity contribution in [3.8, 4) is 16.9 Å². The van der Waals surface area contributed by atoms with Crippen LogP contribution in [0.5, 0.6) is 5.75 Å². The molecule has 2 N–H and O–H groups in total. The monoisotopic (exact) mass is 401 g/mol. The summed E-state index contributed by atoms with van der Waals surface area (Å²) in [7, 11) is 0. The lowest BCUT2D eigenvalue weighted by molar-refractivity contribution is 0.0875. The molecule has 2 fully saturated rings. The summed E-state index contributed by atoms with van der Waals surface area (Å²) in [5.41, 5.74) is 2.16. The Bertz CT molecular complexity index is 817. The lowest BCUT2D eigenvalue weighted by Gasteiger charge is -2.45. The third-order valence-electron chi connectivity index (χ3n) is 5.44. The molecular weight excluding hydrogens is 374 g/mol. The third kappa shape index (κ3) is 4.59. The fourth-order valence-corrected chi connectivity index (χ4v) is 4.37. The molecule has 0 saturated carbocycles. The van der Waals surface area contributed by atoms with Gasteiger partial charge in [0.2, 0.25) is 0 Å². The van der Waals surface area contributed by atoms with Crippen molar-refractivity contribution in [3.05, 3.63) is 41.6 Å². The fourth-order valence-electron chi connectivity index (χ4n) is 4.14. The van der Waals surface area contributed by atoms with Crippen LogP contribution in [0, 0.1) is 0 Å². The summed E-state index contributed by atoms with van der Waals surface area (Å²) >= 11 is 6.50. The summed E-state index contributed by atoms with van der Waals surface area (Å²) in [5.74, 6) is 1.59. The first-order chi connectivity index (χ1) is 13.5. The second-order valence-electron chi connectivity index (χ2n) is 8.23. The van der Waals surface area contributed by atoms with Crippen LogP contribution in [-0.4, -0.2) is 42.4 Å². The van der Waals surface area contributed by atoms with E-state index in [9.17, 15) is 0 Å². The van der Waals surface area contributed by atoms with Crippen LogP contribution in [0.3, 0.4) is 0 Å². The second kappa shape index (κ2) is 8.27. The number of benzene rings is 1. The van der Waals surface area contributed by atoms with Gasteiger partial charge in [0.25, 0.3) is 0 Å². The molecule has 1 aromatic heterocycles. The molecule has 2 aromatic rings. The number of pyridine rings is 1. The summed E-state index contributed by atoms with van der Waals surface area (Å²) in [6, 6.07) is 10.9. The van der Waals surface area contributed by atoms with Gasteiger partial charge in [0.1, 0.15) is 18.2 Å². The van der Waals surface area contributed by atoms with E-state index in [2.05, 4.69) is 35.5 Å². The number of nitrogens with one attached hydrogen (secondary N) is 2. The van der Waals surface area contributed by atoms with E-state index in [0.717, 1.165) is 55.2 Å². The van der Waals surface area contributed by atoms with Gasteiger partial charge in [0.15, 0.2) is 0 Å². The van der Waals surface area contributed by atoms with Crippen molar-refractivity contribution in [2.45, 2.75) is 50.7 Å². The average Bonchev–Trinajstić information content (AvgIpc) is 2.67. The topological polar surface area (TPSA) is 55.4 Å². The molecule has 2 aliphatic rings. The standard InChI is InChI=1S/C22H28ClN3O2/c1-15-12-22(2,26-15)14-28-20-6-5-16(10-19(20)23)17-7-8-24-21(11-17)25-18-4-3-9-27-13-18/h5-8,10-11,15,18,26H,3-4,9,12-14H2,1-2H3,(H,24,25)/t15?,18?,22-/m0/s1. The van der Waals surface area contributed by atoms with E-state index in [4.69, 9.17) is 21.1 Å². The van der Waals surface area contributed by atoms with Crippen LogP contribution in [0.4, 0.5) is 5.82 Å². The highest BCUT2D eigenvalue weighted by atomic mass is 35.5. The molecule has 28 heavy (non-hydrogen) atoms. The number of anilines is 1. The van der Waals surface area contributed by atoms with Gasteiger partial charge in [0, 0.05) is 18.8 Å². The number of ether oxygens (including phenoxy) is 2. The zero-order valence-corrected chi connectivity index (χ0v) is 17.3. The largest absolute Gasteiger partial charge is 0.490 e. The molecule has 0 bridgehead atoms. The van der Waals surface area contributed by atoms with Gasteiger partial charge < -0.3 is 20.1 Å². The molecule has 3 heterocycles. The molecule has 2 aliphatic heterocycles. The fraction of sp³-hybridized carbons (Fsp3) is 0.500. The Morgan fingerprint density at radius 2 is 2.14 bits per heavy atom. The predicted octanol–water partition coefficient (Wildman–Crippen LogP) is 4.51. The summed E-state index contributed by atoms with van der Waals surface area (Å²) in [4.78, 5) is 4.45. The van der Waals surface area contributed by atoms with Gasteiger partial charge in [0.05, 0.1) is 23.2 Å².